The fraction of sp³-hybridized carbons (Fsp3) is 0.0571. The number of anilines is 4. The van der Waals surface area contributed by atoms with Crippen molar-refractivity contribution in [2.24, 2.45) is 0 Å². The maximum atomic E-state index is 13.5. The number of sulfonamides is 2. The van der Waals surface area contributed by atoms with Crippen molar-refractivity contribution in [3.63, 3.8) is 0 Å². The largest absolute Gasteiger partial charge is 0.506 e. The Morgan fingerprint density at radius 3 is 1.21 bits per heavy atom. The summed E-state index contributed by atoms with van der Waals surface area (Å²) < 4.78 is 123. The van der Waals surface area contributed by atoms with Crippen LogP contribution in [0.2, 0.25) is 0 Å². The SMILES string of the molecule is Cc1ccc(NC(=O)Nc2ccc(C)c(S(=O)(=O)Nc3cc4ccc(S(=O)(=O)O)cc4cc3O)c2)cc1S(=O)(=O)Nc1cc2ccc(S(=O)(=O)O)cc2cc1O. The Hall–Kier alpha value is -5.97. The number of aryl methyl sites for hydroxylation is 2. The maximum Gasteiger partial charge on any atom is 0.323 e. The molecule has 2 amide bonds. The third-order valence-electron chi connectivity index (χ3n) is 8.41. The minimum absolute atomic E-state index is 0.0195. The van der Waals surface area contributed by atoms with Gasteiger partial charge in [0.25, 0.3) is 40.3 Å². The third kappa shape index (κ3) is 8.46. The summed E-state index contributed by atoms with van der Waals surface area (Å²) >= 11 is 0. The van der Waals surface area contributed by atoms with Gasteiger partial charge in [-0.05, 0) is 119 Å². The highest BCUT2D eigenvalue weighted by atomic mass is 32.2. The molecule has 0 aliphatic heterocycles. The van der Waals surface area contributed by atoms with Gasteiger partial charge in [0.15, 0.2) is 0 Å². The first-order chi connectivity index (χ1) is 26.0. The van der Waals surface area contributed by atoms with Gasteiger partial charge in [-0.15, -0.1) is 0 Å². The van der Waals surface area contributed by atoms with Gasteiger partial charge in [0, 0.05) is 11.4 Å². The van der Waals surface area contributed by atoms with Crippen molar-refractivity contribution in [3.8, 4) is 11.5 Å². The summed E-state index contributed by atoms with van der Waals surface area (Å²) in [6.07, 6.45) is 0. The topological polar surface area (TPSA) is 283 Å². The first-order valence-electron chi connectivity index (χ1n) is 15.8. The van der Waals surface area contributed by atoms with Crippen LogP contribution in [-0.2, 0) is 40.3 Å². The summed E-state index contributed by atoms with van der Waals surface area (Å²) in [5, 5.41) is 27.2. The van der Waals surface area contributed by atoms with E-state index in [1.54, 1.807) is 0 Å². The Morgan fingerprint density at radius 2 is 0.857 bits per heavy atom. The van der Waals surface area contributed by atoms with E-state index in [-0.39, 0.29) is 54.4 Å². The van der Waals surface area contributed by atoms with Crippen LogP contribution >= 0.6 is 0 Å². The van der Waals surface area contributed by atoms with Crippen molar-refractivity contribution in [2.45, 2.75) is 33.4 Å². The Kier molecular flexibility index (Phi) is 10.1. The van der Waals surface area contributed by atoms with Gasteiger partial charge in [-0.1, -0.05) is 24.3 Å². The lowest BCUT2D eigenvalue weighted by Crippen LogP contribution is -2.21. The summed E-state index contributed by atoms with van der Waals surface area (Å²) in [4.78, 5) is 11.6. The second kappa shape index (κ2) is 14.3. The van der Waals surface area contributed by atoms with Crippen molar-refractivity contribution in [3.05, 3.63) is 108 Å². The van der Waals surface area contributed by atoms with Crippen LogP contribution in [0.25, 0.3) is 21.5 Å². The molecule has 0 saturated carbocycles. The standard InChI is InChI=1S/C35H30N4O13S4/c1-19-3-7-25(17-33(19)53(43,44)38-29-13-21-5-9-27(55(47,48)49)11-23(21)15-31(29)40)36-35(42)37-26-8-4-20(2)34(18-26)54(45,46)39-30-14-22-6-10-28(56(50,51)52)12-24(22)16-32(30)41/h3-18,38-41H,1-2H3,(H2,36,37,42)(H,47,48,49)(H,50,51,52). The Labute approximate surface area is 320 Å². The number of nitrogens with one attached hydrogen (secondary N) is 4. The van der Waals surface area contributed by atoms with Crippen molar-refractivity contribution in [2.75, 3.05) is 20.1 Å². The second-order valence-corrected chi connectivity index (χ2v) is 18.6. The lowest BCUT2D eigenvalue weighted by molar-refractivity contribution is 0.262. The van der Waals surface area contributed by atoms with E-state index in [0.29, 0.717) is 10.8 Å². The molecule has 0 heterocycles. The van der Waals surface area contributed by atoms with Gasteiger partial charge in [0.05, 0.1) is 31.0 Å². The van der Waals surface area contributed by atoms with Gasteiger partial charge in [-0.3, -0.25) is 18.5 Å². The van der Waals surface area contributed by atoms with E-state index >= 15 is 0 Å². The van der Waals surface area contributed by atoms with E-state index in [2.05, 4.69) is 20.1 Å². The fourth-order valence-electron chi connectivity index (χ4n) is 5.64. The highest BCUT2D eigenvalue weighted by molar-refractivity contribution is 7.93. The average Bonchev–Trinajstić information content (AvgIpc) is 3.09. The van der Waals surface area contributed by atoms with E-state index in [1.165, 1.54) is 62.4 Å². The number of aromatic hydroxyl groups is 2. The molecule has 17 nitrogen and oxygen atoms in total. The third-order valence-corrected chi connectivity index (χ3v) is 13.1. The van der Waals surface area contributed by atoms with Crippen LogP contribution in [0, 0.1) is 13.8 Å². The number of urea groups is 1. The highest BCUT2D eigenvalue weighted by Crippen LogP contribution is 2.35. The number of phenolic OH excluding ortho intramolecular Hbond substituents is 2. The molecule has 6 aromatic rings. The molecule has 0 aliphatic carbocycles. The van der Waals surface area contributed by atoms with Crippen LogP contribution in [-0.4, -0.2) is 59.0 Å². The van der Waals surface area contributed by atoms with Crippen LogP contribution < -0.4 is 20.1 Å². The van der Waals surface area contributed by atoms with Gasteiger partial charge in [-0.2, -0.15) is 16.8 Å². The van der Waals surface area contributed by atoms with Crippen molar-refractivity contribution >= 4 is 90.6 Å². The minimum Gasteiger partial charge on any atom is -0.506 e. The highest BCUT2D eigenvalue weighted by Gasteiger charge is 2.23. The first-order valence-corrected chi connectivity index (χ1v) is 21.7. The predicted molar refractivity (Wildman–Crippen MR) is 207 cm³/mol. The normalized spacial score (nSPS) is 12.4. The van der Waals surface area contributed by atoms with Crippen molar-refractivity contribution in [1.82, 2.24) is 0 Å². The van der Waals surface area contributed by atoms with Gasteiger partial charge in [-0.25, -0.2) is 21.6 Å². The number of fused-ring (bicyclic) bond motifs is 2. The number of hydrogen-bond acceptors (Lipinski definition) is 11. The lowest BCUT2D eigenvalue weighted by atomic mass is 10.1. The number of hydrogen-bond donors (Lipinski definition) is 8. The molecule has 0 saturated heterocycles. The van der Waals surface area contributed by atoms with Crippen molar-refractivity contribution in [1.29, 1.82) is 0 Å². The summed E-state index contributed by atoms with van der Waals surface area (Å²) in [6, 6.07) is 18.9. The summed E-state index contributed by atoms with van der Waals surface area (Å²) in [5.41, 5.74) is 0.0946. The van der Waals surface area contributed by atoms with E-state index in [0.717, 1.165) is 48.5 Å². The summed E-state index contributed by atoms with van der Waals surface area (Å²) in [6.45, 7) is 2.99. The van der Waals surface area contributed by atoms with E-state index in [1.807, 2.05) is 0 Å². The average molecular weight is 843 g/mol. The molecular weight excluding hydrogens is 813 g/mol. The van der Waals surface area contributed by atoms with Crippen LogP contribution in [0.1, 0.15) is 11.1 Å². The van der Waals surface area contributed by atoms with Crippen molar-refractivity contribution < 1.29 is 57.8 Å². The number of amides is 2. The maximum absolute atomic E-state index is 13.5. The van der Waals surface area contributed by atoms with Crippen LogP contribution in [0.15, 0.2) is 117 Å². The summed E-state index contributed by atoms with van der Waals surface area (Å²) in [5.74, 6) is -1.08. The fourth-order valence-corrected chi connectivity index (χ4v) is 9.35. The molecule has 8 N–H and O–H groups in total. The van der Waals surface area contributed by atoms with Gasteiger partial charge in [0.2, 0.25) is 0 Å². The molecule has 6 aromatic carbocycles. The Morgan fingerprint density at radius 1 is 0.482 bits per heavy atom. The molecule has 0 unspecified atom stereocenters. The number of benzene rings is 6. The zero-order valence-electron chi connectivity index (χ0n) is 28.8. The van der Waals surface area contributed by atoms with Crippen LogP contribution in [0.3, 0.4) is 0 Å². The zero-order valence-corrected chi connectivity index (χ0v) is 32.1. The monoisotopic (exact) mass is 842 g/mol. The quantitative estimate of drug-likeness (QED) is 0.0602. The minimum atomic E-state index is -4.53. The number of carbonyl (C=O) groups excluding carboxylic acids is 1. The molecule has 21 heteroatoms. The number of phenols is 2. The molecule has 6 rings (SSSR count). The van der Waals surface area contributed by atoms with E-state index in [9.17, 15) is 57.8 Å². The molecule has 0 aromatic heterocycles. The molecule has 0 spiro atoms. The van der Waals surface area contributed by atoms with E-state index in [4.69, 9.17) is 0 Å². The predicted octanol–water partition coefficient (Wildman–Crippen LogP) is 5.76. The van der Waals surface area contributed by atoms with Gasteiger partial charge in [0.1, 0.15) is 11.5 Å². The Bertz CT molecular complexity index is 2880. The molecular formula is C35H30N4O13S4. The molecule has 0 bridgehead atoms. The lowest BCUT2D eigenvalue weighted by Gasteiger charge is -2.15. The molecule has 0 fully saturated rings. The number of carbonyl (C=O) groups is 1. The zero-order chi connectivity index (χ0) is 41.0. The van der Waals surface area contributed by atoms with E-state index < -0.39 is 67.6 Å². The first kappa shape index (κ1) is 39.7. The molecule has 56 heavy (non-hydrogen) atoms. The Balaban J connectivity index is 1.19. The smallest absolute Gasteiger partial charge is 0.323 e. The van der Waals surface area contributed by atoms with Gasteiger partial charge < -0.3 is 20.8 Å². The van der Waals surface area contributed by atoms with Crippen LogP contribution in [0.4, 0.5) is 27.5 Å². The molecule has 0 atom stereocenters. The molecule has 292 valence electrons. The van der Waals surface area contributed by atoms with Gasteiger partial charge >= 0.3 is 6.03 Å². The summed E-state index contributed by atoms with van der Waals surface area (Å²) in [7, 11) is -17.9. The van der Waals surface area contributed by atoms with Crippen LogP contribution in [0.5, 0.6) is 11.5 Å². The molecule has 0 radical (unpaired) electrons. The number of rotatable bonds is 10. The second-order valence-electron chi connectivity index (χ2n) is 12.5. The molecule has 0 aliphatic rings.